The minimum Gasteiger partial charge on any atom is -0.457 e. The Balaban J connectivity index is 1.47. The zero-order valence-electron chi connectivity index (χ0n) is 18.1. The lowest BCUT2D eigenvalue weighted by atomic mass is 9.94. The van der Waals surface area contributed by atoms with E-state index in [0.717, 1.165) is 37.7 Å². The van der Waals surface area contributed by atoms with Gasteiger partial charge >= 0.3 is 0 Å². The minimum atomic E-state index is -0.415. The Morgan fingerprint density at radius 2 is 1.82 bits per heavy atom. The maximum absolute atomic E-state index is 14.3. The number of hydrogen-bond acceptors (Lipinski definition) is 4. The Labute approximate surface area is 211 Å². The van der Waals surface area contributed by atoms with Gasteiger partial charge in [-0.25, -0.2) is 9.38 Å². The smallest absolute Gasteiger partial charge is 0.267 e. The molecule has 174 valence electrons. The number of hydrogen-bond donors (Lipinski definition) is 0. The van der Waals surface area contributed by atoms with Crippen molar-refractivity contribution in [3.63, 3.8) is 0 Å². The second-order valence-corrected chi connectivity index (χ2v) is 10.1. The summed E-state index contributed by atoms with van der Waals surface area (Å²) in [5, 5.41) is 1.41. The van der Waals surface area contributed by atoms with Gasteiger partial charge in [-0.2, -0.15) is 0 Å². The fourth-order valence-electron chi connectivity index (χ4n) is 4.24. The summed E-state index contributed by atoms with van der Waals surface area (Å²) in [6.07, 6.45) is 6.84. The number of amides is 1. The average molecular weight is 515 g/mol. The molecule has 3 aromatic rings. The first-order valence-electron chi connectivity index (χ1n) is 11.1. The number of nitrogens with zero attached hydrogens (tertiary/aromatic N) is 2. The number of thioether (sulfide) groups is 1. The molecular formula is C26H21Cl2FN2O2S. The quantitative estimate of drug-likeness (QED) is 0.328. The first-order chi connectivity index (χ1) is 16.5. The zero-order valence-corrected chi connectivity index (χ0v) is 20.5. The maximum Gasteiger partial charge on any atom is 0.267 e. The summed E-state index contributed by atoms with van der Waals surface area (Å²) < 4.78 is 20.3. The Bertz CT molecular complexity index is 1300. The van der Waals surface area contributed by atoms with Crippen molar-refractivity contribution in [2.24, 2.45) is 4.99 Å². The van der Waals surface area contributed by atoms with E-state index >= 15 is 0 Å². The third-order valence-electron chi connectivity index (χ3n) is 5.95. The Kier molecular flexibility index (Phi) is 6.82. The summed E-state index contributed by atoms with van der Waals surface area (Å²) in [7, 11) is 0. The average Bonchev–Trinajstić information content (AvgIpc) is 3.42. The van der Waals surface area contributed by atoms with E-state index in [9.17, 15) is 9.18 Å². The van der Waals surface area contributed by atoms with Crippen LogP contribution in [0.1, 0.15) is 37.9 Å². The molecule has 5 rings (SSSR count). The van der Waals surface area contributed by atoms with Crippen LogP contribution in [0.25, 0.3) is 17.4 Å². The highest BCUT2D eigenvalue weighted by Gasteiger charge is 2.39. The van der Waals surface area contributed by atoms with Gasteiger partial charge in [0.15, 0.2) is 5.17 Å². The van der Waals surface area contributed by atoms with Gasteiger partial charge in [0.2, 0.25) is 0 Å². The molecule has 1 aliphatic carbocycles. The highest BCUT2D eigenvalue weighted by Crippen LogP contribution is 2.39. The number of carbonyl (C=O) groups is 1. The number of para-hydroxylation sites is 1. The second kappa shape index (κ2) is 9.98. The van der Waals surface area contributed by atoms with E-state index in [1.54, 1.807) is 47.4 Å². The van der Waals surface area contributed by atoms with Crippen molar-refractivity contribution in [3.05, 3.63) is 81.1 Å². The first-order valence-corrected chi connectivity index (χ1v) is 12.7. The number of furan rings is 1. The molecule has 0 bridgehead atoms. The van der Waals surface area contributed by atoms with Crippen LogP contribution in [-0.2, 0) is 4.79 Å². The largest absolute Gasteiger partial charge is 0.457 e. The zero-order chi connectivity index (χ0) is 23.7. The standard InChI is InChI=1S/C26H21Cl2FN2O2S/c27-19-12-10-16(14-20(19)28)23-13-11-18(33-23)15-24-25(32)31(17-6-2-1-3-7-17)26(34-24)30-22-9-5-4-8-21(22)29/h4-5,8-15,17H,1-3,6-7H2/b24-15-,30-26?. The third kappa shape index (κ3) is 4.81. The molecule has 0 radical (unpaired) electrons. The SMILES string of the molecule is O=C1/C(=C/c2ccc(-c3ccc(Cl)c(Cl)c3)o2)SC(=Nc2ccccc2F)N1C1CCCCC1. The molecule has 1 amide bonds. The highest BCUT2D eigenvalue weighted by molar-refractivity contribution is 8.18. The van der Waals surface area contributed by atoms with Crippen LogP contribution >= 0.6 is 35.0 Å². The van der Waals surface area contributed by atoms with E-state index in [1.165, 1.54) is 17.8 Å². The molecule has 34 heavy (non-hydrogen) atoms. The van der Waals surface area contributed by atoms with Crippen LogP contribution in [0.3, 0.4) is 0 Å². The van der Waals surface area contributed by atoms with Crippen LogP contribution in [0.4, 0.5) is 10.1 Å². The monoisotopic (exact) mass is 514 g/mol. The molecule has 2 aliphatic rings. The molecule has 2 heterocycles. The second-order valence-electron chi connectivity index (χ2n) is 8.25. The molecule has 2 fully saturated rings. The van der Waals surface area contributed by atoms with Gasteiger partial charge in [0.1, 0.15) is 23.0 Å². The van der Waals surface area contributed by atoms with Crippen LogP contribution in [-0.4, -0.2) is 22.0 Å². The van der Waals surface area contributed by atoms with E-state index in [1.807, 2.05) is 12.1 Å². The molecule has 1 aromatic heterocycles. The number of amidine groups is 1. The van der Waals surface area contributed by atoms with Crippen molar-refractivity contribution >= 4 is 57.8 Å². The molecule has 1 saturated carbocycles. The predicted octanol–water partition coefficient (Wildman–Crippen LogP) is 8.33. The van der Waals surface area contributed by atoms with Crippen molar-refractivity contribution in [2.75, 3.05) is 0 Å². The van der Waals surface area contributed by atoms with Gasteiger partial charge in [0.05, 0.1) is 15.0 Å². The highest BCUT2D eigenvalue weighted by atomic mass is 35.5. The molecule has 0 atom stereocenters. The fraction of sp³-hybridized carbons (Fsp3) is 0.231. The van der Waals surface area contributed by atoms with E-state index in [2.05, 4.69) is 4.99 Å². The lowest BCUT2D eigenvalue weighted by molar-refractivity contribution is -0.124. The van der Waals surface area contributed by atoms with Gasteiger partial charge in [-0.1, -0.05) is 54.6 Å². The van der Waals surface area contributed by atoms with Crippen molar-refractivity contribution < 1.29 is 13.6 Å². The molecule has 8 heteroatoms. The topological polar surface area (TPSA) is 45.8 Å². The van der Waals surface area contributed by atoms with Crippen molar-refractivity contribution in [1.82, 2.24) is 4.90 Å². The number of rotatable bonds is 4. The van der Waals surface area contributed by atoms with Crippen LogP contribution < -0.4 is 0 Å². The number of aliphatic imine (C=N–C) groups is 1. The van der Waals surface area contributed by atoms with Crippen LogP contribution in [0.15, 0.2) is 68.9 Å². The Hall–Kier alpha value is -2.54. The summed E-state index contributed by atoms with van der Waals surface area (Å²) in [4.78, 5) is 20.2. The predicted molar refractivity (Wildman–Crippen MR) is 137 cm³/mol. The van der Waals surface area contributed by atoms with Gasteiger partial charge in [0, 0.05) is 17.7 Å². The van der Waals surface area contributed by atoms with Gasteiger partial charge in [-0.3, -0.25) is 9.69 Å². The summed E-state index contributed by atoms with van der Waals surface area (Å²) in [5.74, 6) is 0.610. The first kappa shape index (κ1) is 23.2. The Morgan fingerprint density at radius 3 is 2.59 bits per heavy atom. The van der Waals surface area contributed by atoms with E-state index in [-0.39, 0.29) is 17.6 Å². The maximum atomic E-state index is 14.3. The summed E-state index contributed by atoms with van der Waals surface area (Å²) >= 11 is 13.4. The van der Waals surface area contributed by atoms with Gasteiger partial charge in [-0.05, 0) is 67.1 Å². The van der Waals surface area contributed by atoms with E-state index < -0.39 is 5.82 Å². The summed E-state index contributed by atoms with van der Waals surface area (Å²) in [6, 6.07) is 15.3. The molecule has 1 aliphatic heterocycles. The van der Waals surface area contributed by atoms with Gasteiger partial charge in [-0.15, -0.1) is 0 Å². The molecule has 1 saturated heterocycles. The number of halogens is 3. The molecular weight excluding hydrogens is 494 g/mol. The van der Waals surface area contributed by atoms with E-state index in [0.29, 0.717) is 31.6 Å². The third-order valence-corrected chi connectivity index (χ3v) is 7.67. The summed E-state index contributed by atoms with van der Waals surface area (Å²) in [6.45, 7) is 0. The molecule has 0 unspecified atom stereocenters. The molecule has 0 N–H and O–H groups in total. The summed E-state index contributed by atoms with van der Waals surface area (Å²) in [5.41, 5.74) is 1.01. The number of benzene rings is 2. The van der Waals surface area contributed by atoms with Crippen molar-refractivity contribution in [2.45, 2.75) is 38.1 Å². The Morgan fingerprint density at radius 1 is 1.03 bits per heavy atom. The van der Waals surface area contributed by atoms with Gasteiger partial charge < -0.3 is 4.42 Å². The molecule has 4 nitrogen and oxygen atoms in total. The molecule has 0 spiro atoms. The van der Waals surface area contributed by atoms with Crippen molar-refractivity contribution in [3.8, 4) is 11.3 Å². The normalized spacial score (nSPS) is 19.5. The van der Waals surface area contributed by atoms with Crippen molar-refractivity contribution in [1.29, 1.82) is 0 Å². The molecule has 2 aromatic carbocycles. The minimum absolute atomic E-state index is 0.0635. The number of carbonyl (C=O) groups excluding carboxylic acids is 1. The van der Waals surface area contributed by atoms with Crippen LogP contribution in [0.5, 0.6) is 0 Å². The van der Waals surface area contributed by atoms with Gasteiger partial charge in [0.25, 0.3) is 5.91 Å². The lowest BCUT2D eigenvalue weighted by Gasteiger charge is -2.30. The lowest BCUT2D eigenvalue weighted by Crippen LogP contribution is -2.40. The van der Waals surface area contributed by atoms with Crippen LogP contribution in [0.2, 0.25) is 10.0 Å². The fourth-order valence-corrected chi connectivity index (χ4v) is 5.57. The van der Waals surface area contributed by atoms with E-state index in [4.69, 9.17) is 27.6 Å². The van der Waals surface area contributed by atoms with Crippen LogP contribution in [0, 0.1) is 5.82 Å².